The number of nitrogens with two attached hydrogens (primary N) is 1. The number of fused-ring (bicyclic) bond motifs is 1. The van der Waals surface area contributed by atoms with E-state index in [0.29, 0.717) is 6.54 Å². The number of anilines is 1. The quantitative estimate of drug-likeness (QED) is 0.896. The molecular formula is C17H20N2O. The molecule has 0 fully saturated rings. The first kappa shape index (κ1) is 13.0. The first-order valence-corrected chi connectivity index (χ1v) is 7.05. The van der Waals surface area contributed by atoms with Crippen molar-refractivity contribution in [3.8, 4) is 5.75 Å². The van der Waals surface area contributed by atoms with E-state index in [4.69, 9.17) is 10.5 Å². The highest BCUT2D eigenvalue weighted by Gasteiger charge is 2.16. The van der Waals surface area contributed by atoms with Gasteiger partial charge >= 0.3 is 0 Å². The van der Waals surface area contributed by atoms with Crippen LogP contribution in [0.1, 0.15) is 22.7 Å². The summed E-state index contributed by atoms with van der Waals surface area (Å²) < 4.78 is 5.55. The molecule has 0 amide bonds. The van der Waals surface area contributed by atoms with Crippen LogP contribution >= 0.6 is 0 Å². The molecule has 0 bridgehead atoms. The summed E-state index contributed by atoms with van der Waals surface area (Å²) >= 11 is 0. The molecule has 20 heavy (non-hydrogen) atoms. The molecular weight excluding hydrogens is 248 g/mol. The molecule has 0 saturated heterocycles. The van der Waals surface area contributed by atoms with Gasteiger partial charge in [-0.3, -0.25) is 0 Å². The summed E-state index contributed by atoms with van der Waals surface area (Å²) in [6.07, 6.45) is 0.991. The lowest BCUT2D eigenvalue weighted by molar-refractivity contribution is 0.357. The van der Waals surface area contributed by atoms with Gasteiger partial charge in [0.2, 0.25) is 0 Å². The lowest BCUT2D eigenvalue weighted by Gasteiger charge is -2.19. The highest BCUT2D eigenvalue weighted by molar-refractivity contribution is 5.48. The minimum Gasteiger partial charge on any atom is -0.493 e. The zero-order chi connectivity index (χ0) is 13.9. The Kier molecular flexibility index (Phi) is 3.61. The van der Waals surface area contributed by atoms with E-state index >= 15 is 0 Å². The summed E-state index contributed by atoms with van der Waals surface area (Å²) in [7, 11) is 0. The monoisotopic (exact) mass is 268 g/mol. The molecule has 2 aromatic carbocycles. The number of benzene rings is 2. The molecule has 0 aromatic heterocycles. The third-order valence-corrected chi connectivity index (χ3v) is 3.74. The van der Waals surface area contributed by atoms with E-state index in [1.54, 1.807) is 0 Å². The van der Waals surface area contributed by atoms with Crippen LogP contribution in [0.2, 0.25) is 0 Å². The molecule has 104 valence electrons. The smallest absolute Gasteiger partial charge is 0.122 e. The van der Waals surface area contributed by atoms with Crippen molar-refractivity contribution in [2.45, 2.75) is 19.4 Å². The van der Waals surface area contributed by atoms with E-state index in [-0.39, 0.29) is 6.04 Å². The fourth-order valence-corrected chi connectivity index (χ4v) is 2.55. The number of aryl methyl sites for hydroxylation is 1. The number of ether oxygens (including phenoxy) is 1. The Hall–Kier alpha value is -2.00. The van der Waals surface area contributed by atoms with Crippen LogP contribution in [0.15, 0.2) is 42.5 Å². The second kappa shape index (κ2) is 5.55. The molecule has 1 aliphatic heterocycles. The highest BCUT2D eigenvalue weighted by Crippen LogP contribution is 2.29. The average molecular weight is 268 g/mol. The van der Waals surface area contributed by atoms with Gasteiger partial charge in [-0.15, -0.1) is 0 Å². The molecule has 0 spiro atoms. The van der Waals surface area contributed by atoms with Crippen molar-refractivity contribution in [3.63, 3.8) is 0 Å². The SMILES string of the molecule is Cc1ccc(NC(CN)c2ccc3c(c2)CCO3)cc1. The second-order valence-corrected chi connectivity index (χ2v) is 5.26. The lowest BCUT2D eigenvalue weighted by Crippen LogP contribution is -2.20. The normalized spacial score (nSPS) is 14.5. The molecule has 3 heteroatoms. The van der Waals surface area contributed by atoms with Crippen molar-refractivity contribution >= 4 is 5.69 Å². The van der Waals surface area contributed by atoms with Crippen LogP contribution in [0.5, 0.6) is 5.75 Å². The zero-order valence-corrected chi connectivity index (χ0v) is 11.7. The number of hydrogen-bond donors (Lipinski definition) is 2. The van der Waals surface area contributed by atoms with Crippen molar-refractivity contribution in [1.29, 1.82) is 0 Å². The van der Waals surface area contributed by atoms with Crippen LogP contribution < -0.4 is 15.8 Å². The molecule has 3 nitrogen and oxygen atoms in total. The molecule has 0 saturated carbocycles. The Labute approximate surface area is 119 Å². The zero-order valence-electron chi connectivity index (χ0n) is 11.7. The summed E-state index contributed by atoms with van der Waals surface area (Å²) in [6, 6.07) is 14.9. The van der Waals surface area contributed by atoms with Crippen LogP contribution in [0.3, 0.4) is 0 Å². The summed E-state index contributed by atoms with van der Waals surface area (Å²) in [5, 5.41) is 3.50. The van der Waals surface area contributed by atoms with Gasteiger partial charge in [0.05, 0.1) is 12.6 Å². The Balaban J connectivity index is 1.81. The van der Waals surface area contributed by atoms with E-state index in [0.717, 1.165) is 24.5 Å². The van der Waals surface area contributed by atoms with Crippen LogP contribution in [-0.4, -0.2) is 13.2 Å². The largest absolute Gasteiger partial charge is 0.493 e. The van der Waals surface area contributed by atoms with Crippen LogP contribution in [0.25, 0.3) is 0 Å². The molecule has 0 radical (unpaired) electrons. The predicted molar refractivity (Wildman–Crippen MR) is 82.2 cm³/mol. The fourth-order valence-electron chi connectivity index (χ4n) is 2.55. The minimum atomic E-state index is 0.128. The summed E-state index contributed by atoms with van der Waals surface area (Å²) in [4.78, 5) is 0. The van der Waals surface area contributed by atoms with E-state index in [1.165, 1.54) is 16.7 Å². The van der Waals surface area contributed by atoms with Crippen molar-refractivity contribution in [2.75, 3.05) is 18.5 Å². The molecule has 1 heterocycles. The maximum atomic E-state index is 5.93. The maximum absolute atomic E-state index is 5.93. The maximum Gasteiger partial charge on any atom is 0.122 e. The molecule has 0 aliphatic carbocycles. The summed E-state index contributed by atoms with van der Waals surface area (Å²) in [5.41, 5.74) is 10.8. The van der Waals surface area contributed by atoms with E-state index in [9.17, 15) is 0 Å². The van der Waals surface area contributed by atoms with Gasteiger partial charge in [-0.1, -0.05) is 23.8 Å². The Morgan fingerprint density at radius 3 is 2.75 bits per heavy atom. The Morgan fingerprint density at radius 1 is 1.20 bits per heavy atom. The van der Waals surface area contributed by atoms with Crippen molar-refractivity contribution in [3.05, 3.63) is 59.2 Å². The third-order valence-electron chi connectivity index (χ3n) is 3.74. The molecule has 2 aromatic rings. The van der Waals surface area contributed by atoms with Gasteiger partial charge in [0.1, 0.15) is 5.75 Å². The van der Waals surface area contributed by atoms with Crippen molar-refractivity contribution < 1.29 is 4.74 Å². The number of hydrogen-bond acceptors (Lipinski definition) is 3. The van der Waals surface area contributed by atoms with Gasteiger partial charge in [0, 0.05) is 18.7 Å². The van der Waals surface area contributed by atoms with Gasteiger partial charge in [0.25, 0.3) is 0 Å². The highest BCUT2D eigenvalue weighted by atomic mass is 16.5. The summed E-state index contributed by atoms with van der Waals surface area (Å²) in [6.45, 7) is 3.44. The van der Waals surface area contributed by atoms with Gasteiger partial charge < -0.3 is 15.8 Å². The van der Waals surface area contributed by atoms with Crippen molar-refractivity contribution in [1.82, 2.24) is 0 Å². The number of nitrogens with one attached hydrogen (secondary N) is 1. The first-order chi connectivity index (χ1) is 9.76. The van der Waals surface area contributed by atoms with E-state index in [1.807, 2.05) is 0 Å². The molecule has 3 N–H and O–H groups in total. The molecule has 1 unspecified atom stereocenters. The summed E-state index contributed by atoms with van der Waals surface area (Å²) in [5.74, 6) is 1.01. The standard InChI is InChI=1S/C17H20N2O/c1-12-2-5-15(6-3-12)19-16(11-18)13-4-7-17-14(10-13)8-9-20-17/h2-7,10,16,19H,8-9,11,18H2,1H3. The lowest BCUT2D eigenvalue weighted by atomic mass is 10.0. The van der Waals surface area contributed by atoms with Gasteiger partial charge in [-0.25, -0.2) is 0 Å². The van der Waals surface area contributed by atoms with Crippen LogP contribution in [-0.2, 0) is 6.42 Å². The van der Waals surface area contributed by atoms with Gasteiger partial charge in [-0.05, 0) is 42.3 Å². The Bertz CT molecular complexity index is 592. The molecule has 3 rings (SSSR count). The van der Waals surface area contributed by atoms with Crippen LogP contribution in [0.4, 0.5) is 5.69 Å². The fraction of sp³-hybridized carbons (Fsp3) is 0.294. The van der Waals surface area contributed by atoms with Gasteiger partial charge in [-0.2, -0.15) is 0 Å². The topological polar surface area (TPSA) is 47.3 Å². The van der Waals surface area contributed by atoms with E-state index in [2.05, 4.69) is 54.7 Å². The van der Waals surface area contributed by atoms with Gasteiger partial charge in [0.15, 0.2) is 0 Å². The first-order valence-electron chi connectivity index (χ1n) is 7.05. The third kappa shape index (κ3) is 2.63. The van der Waals surface area contributed by atoms with E-state index < -0.39 is 0 Å². The minimum absolute atomic E-state index is 0.128. The molecule has 1 aliphatic rings. The second-order valence-electron chi connectivity index (χ2n) is 5.26. The Morgan fingerprint density at radius 2 is 2.00 bits per heavy atom. The molecule has 1 atom stereocenters. The average Bonchev–Trinajstić information content (AvgIpc) is 2.94. The number of rotatable bonds is 4. The predicted octanol–water partition coefficient (Wildman–Crippen LogP) is 3.04. The van der Waals surface area contributed by atoms with Crippen molar-refractivity contribution in [2.24, 2.45) is 5.73 Å². The van der Waals surface area contributed by atoms with Crippen LogP contribution in [0, 0.1) is 6.92 Å².